The Morgan fingerprint density at radius 1 is 1.25 bits per heavy atom. The number of benzene rings is 1. The number of ether oxygens (including phenoxy) is 3. The van der Waals surface area contributed by atoms with Crippen LogP contribution >= 0.6 is 0 Å². The van der Waals surface area contributed by atoms with Crippen molar-refractivity contribution in [3.05, 3.63) is 23.8 Å². The van der Waals surface area contributed by atoms with Crippen molar-refractivity contribution >= 4 is 5.91 Å². The van der Waals surface area contributed by atoms with Gasteiger partial charge in [-0.3, -0.25) is 4.79 Å². The normalized spacial score (nSPS) is 10.2. The number of carbonyl (C=O) groups excluding carboxylic acids is 1. The van der Waals surface area contributed by atoms with E-state index in [-0.39, 0.29) is 12.3 Å². The Bertz CT molecular complexity index is 420. The second-order valence-corrected chi connectivity index (χ2v) is 4.25. The summed E-state index contributed by atoms with van der Waals surface area (Å²) >= 11 is 0. The summed E-state index contributed by atoms with van der Waals surface area (Å²) in [7, 11) is 3.19. The average molecular weight is 281 g/mol. The first-order valence-electron chi connectivity index (χ1n) is 6.76. The number of amides is 1. The molecular weight excluding hydrogens is 258 g/mol. The highest BCUT2D eigenvalue weighted by molar-refractivity contribution is 5.79. The predicted octanol–water partition coefficient (Wildman–Crippen LogP) is 1.79. The summed E-state index contributed by atoms with van der Waals surface area (Å²) in [6.07, 6.45) is 1.09. The molecule has 112 valence electrons. The van der Waals surface area contributed by atoms with Crippen LogP contribution in [0.1, 0.15) is 18.9 Å². The SMILES string of the molecule is CCOCCCNC(=O)Cc1cc(OC)ccc1OC. The molecule has 5 heteroatoms. The van der Waals surface area contributed by atoms with Gasteiger partial charge >= 0.3 is 0 Å². The third-order valence-electron chi connectivity index (χ3n) is 2.83. The Hall–Kier alpha value is -1.75. The second kappa shape index (κ2) is 9.20. The summed E-state index contributed by atoms with van der Waals surface area (Å²) in [5.41, 5.74) is 0.814. The minimum Gasteiger partial charge on any atom is -0.497 e. The molecular formula is C15H23NO4. The Kier molecular flexibility index (Phi) is 7.50. The van der Waals surface area contributed by atoms with Gasteiger partial charge in [0.1, 0.15) is 11.5 Å². The summed E-state index contributed by atoms with van der Waals surface area (Å²) in [5, 5.41) is 2.86. The first-order chi connectivity index (χ1) is 9.71. The molecule has 0 heterocycles. The van der Waals surface area contributed by atoms with Gasteiger partial charge in [0.2, 0.25) is 5.91 Å². The van der Waals surface area contributed by atoms with E-state index < -0.39 is 0 Å². The van der Waals surface area contributed by atoms with Crippen LogP contribution in [0, 0.1) is 0 Å². The molecule has 0 aromatic heterocycles. The summed E-state index contributed by atoms with van der Waals surface area (Å²) in [5.74, 6) is 1.37. The molecule has 0 radical (unpaired) electrons. The zero-order chi connectivity index (χ0) is 14.8. The highest BCUT2D eigenvalue weighted by Crippen LogP contribution is 2.24. The minimum absolute atomic E-state index is 0.0342. The molecule has 1 aromatic carbocycles. The van der Waals surface area contributed by atoms with Gasteiger partial charge < -0.3 is 19.5 Å². The van der Waals surface area contributed by atoms with Crippen LogP contribution < -0.4 is 14.8 Å². The zero-order valence-corrected chi connectivity index (χ0v) is 12.4. The molecule has 1 aromatic rings. The number of hydrogen-bond acceptors (Lipinski definition) is 4. The van der Waals surface area contributed by atoms with Crippen LogP contribution in [0.25, 0.3) is 0 Å². The molecule has 0 aliphatic rings. The van der Waals surface area contributed by atoms with Crippen molar-refractivity contribution in [1.82, 2.24) is 5.32 Å². The van der Waals surface area contributed by atoms with Gasteiger partial charge in [0, 0.05) is 25.3 Å². The molecule has 20 heavy (non-hydrogen) atoms. The quantitative estimate of drug-likeness (QED) is 0.701. The average Bonchev–Trinajstić information content (AvgIpc) is 2.47. The van der Waals surface area contributed by atoms with Gasteiger partial charge in [0.15, 0.2) is 0 Å². The standard InChI is InChI=1S/C15H23NO4/c1-4-20-9-5-8-16-15(17)11-12-10-13(18-2)6-7-14(12)19-3/h6-7,10H,4-5,8-9,11H2,1-3H3,(H,16,17). The van der Waals surface area contributed by atoms with E-state index >= 15 is 0 Å². The van der Waals surface area contributed by atoms with Gasteiger partial charge in [0.05, 0.1) is 20.6 Å². The van der Waals surface area contributed by atoms with Crippen molar-refractivity contribution in [3.8, 4) is 11.5 Å². The smallest absolute Gasteiger partial charge is 0.224 e. The summed E-state index contributed by atoms with van der Waals surface area (Å²) < 4.78 is 15.6. The molecule has 0 spiro atoms. The fraction of sp³-hybridized carbons (Fsp3) is 0.533. The minimum atomic E-state index is -0.0342. The van der Waals surface area contributed by atoms with E-state index in [4.69, 9.17) is 14.2 Å². The Labute approximate surface area is 120 Å². The topological polar surface area (TPSA) is 56.8 Å². The van der Waals surface area contributed by atoms with E-state index in [2.05, 4.69) is 5.32 Å². The van der Waals surface area contributed by atoms with E-state index in [0.29, 0.717) is 31.3 Å². The van der Waals surface area contributed by atoms with E-state index in [1.165, 1.54) is 0 Å². The van der Waals surface area contributed by atoms with Crippen LogP contribution in [0.2, 0.25) is 0 Å². The van der Waals surface area contributed by atoms with Crippen molar-refractivity contribution in [1.29, 1.82) is 0 Å². The molecule has 0 fully saturated rings. The van der Waals surface area contributed by atoms with Crippen molar-refractivity contribution < 1.29 is 19.0 Å². The monoisotopic (exact) mass is 281 g/mol. The second-order valence-electron chi connectivity index (χ2n) is 4.25. The number of carbonyl (C=O) groups is 1. The maximum absolute atomic E-state index is 11.9. The summed E-state index contributed by atoms with van der Waals surface area (Å²) in [6.45, 7) is 3.94. The molecule has 0 saturated heterocycles. The molecule has 0 atom stereocenters. The van der Waals surface area contributed by atoms with Crippen molar-refractivity contribution in [2.45, 2.75) is 19.8 Å². The molecule has 0 bridgehead atoms. The lowest BCUT2D eigenvalue weighted by molar-refractivity contribution is -0.120. The number of methoxy groups -OCH3 is 2. The van der Waals surface area contributed by atoms with Crippen LogP contribution in [0.5, 0.6) is 11.5 Å². The van der Waals surface area contributed by atoms with Gasteiger partial charge in [0.25, 0.3) is 0 Å². The van der Waals surface area contributed by atoms with E-state index in [9.17, 15) is 4.79 Å². The maximum Gasteiger partial charge on any atom is 0.224 e. The first-order valence-corrected chi connectivity index (χ1v) is 6.76. The zero-order valence-electron chi connectivity index (χ0n) is 12.4. The fourth-order valence-electron chi connectivity index (χ4n) is 1.80. The fourth-order valence-corrected chi connectivity index (χ4v) is 1.80. The summed E-state index contributed by atoms with van der Waals surface area (Å²) in [4.78, 5) is 11.9. The highest BCUT2D eigenvalue weighted by atomic mass is 16.5. The highest BCUT2D eigenvalue weighted by Gasteiger charge is 2.09. The van der Waals surface area contributed by atoms with Crippen molar-refractivity contribution in [3.63, 3.8) is 0 Å². The first kappa shape index (κ1) is 16.3. The van der Waals surface area contributed by atoms with Gasteiger partial charge in [-0.2, -0.15) is 0 Å². The van der Waals surface area contributed by atoms with E-state index in [1.807, 2.05) is 19.1 Å². The maximum atomic E-state index is 11.9. The predicted molar refractivity (Wildman–Crippen MR) is 77.4 cm³/mol. The van der Waals surface area contributed by atoms with Crippen LogP contribution in [0.3, 0.4) is 0 Å². The third kappa shape index (κ3) is 5.48. The Morgan fingerprint density at radius 3 is 2.70 bits per heavy atom. The molecule has 5 nitrogen and oxygen atoms in total. The molecule has 0 saturated carbocycles. The lowest BCUT2D eigenvalue weighted by Gasteiger charge is -2.10. The van der Waals surface area contributed by atoms with E-state index in [0.717, 1.165) is 12.0 Å². The molecule has 1 rings (SSSR count). The Morgan fingerprint density at radius 2 is 2.05 bits per heavy atom. The molecule has 0 unspecified atom stereocenters. The number of nitrogens with one attached hydrogen (secondary N) is 1. The number of rotatable bonds is 9. The molecule has 0 aliphatic heterocycles. The molecule has 0 aliphatic carbocycles. The number of hydrogen-bond donors (Lipinski definition) is 1. The van der Waals surface area contributed by atoms with Crippen molar-refractivity contribution in [2.24, 2.45) is 0 Å². The van der Waals surface area contributed by atoms with Crippen LogP contribution in [0.15, 0.2) is 18.2 Å². The molecule has 1 N–H and O–H groups in total. The lowest BCUT2D eigenvalue weighted by Crippen LogP contribution is -2.27. The van der Waals surface area contributed by atoms with Gasteiger partial charge in [-0.15, -0.1) is 0 Å². The van der Waals surface area contributed by atoms with E-state index in [1.54, 1.807) is 20.3 Å². The van der Waals surface area contributed by atoms with Crippen LogP contribution in [-0.2, 0) is 16.0 Å². The molecule has 1 amide bonds. The van der Waals surface area contributed by atoms with Crippen molar-refractivity contribution in [2.75, 3.05) is 34.0 Å². The van der Waals surface area contributed by atoms with Crippen LogP contribution in [0.4, 0.5) is 0 Å². The van der Waals surface area contributed by atoms with Crippen LogP contribution in [-0.4, -0.2) is 39.9 Å². The lowest BCUT2D eigenvalue weighted by atomic mass is 10.1. The van der Waals surface area contributed by atoms with Gasteiger partial charge in [-0.25, -0.2) is 0 Å². The van der Waals surface area contributed by atoms with Gasteiger partial charge in [-0.1, -0.05) is 0 Å². The summed E-state index contributed by atoms with van der Waals surface area (Å²) in [6, 6.07) is 5.43. The third-order valence-corrected chi connectivity index (χ3v) is 2.83. The van der Waals surface area contributed by atoms with Gasteiger partial charge in [-0.05, 0) is 31.5 Å². The Balaban J connectivity index is 2.48. The largest absolute Gasteiger partial charge is 0.497 e.